The molecule has 0 aromatic heterocycles. The van der Waals surface area contributed by atoms with E-state index in [4.69, 9.17) is 0 Å². The van der Waals surface area contributed by atoms with E-state index in [9.17, 15) is 15.3 Å². The molecule has 0 amide bonds. The Labute approximate surface area is 182 Å². The summed E-state index contributed by atoms with van der Waals surface area (Å²) in [6.07, 6.45) is 11.3. The lowest BCUT2D eigenvalue weighted by molar-refractivity contribution is -0.0492. The standard InChI is InChI=1S/C27H38O3/c1-17(7-6-13-25(2,3)30)21-10-11-22-20-9-8-18-15-19(28)16-24(29)27(18,5)23(20)12-14-26(21,22)4/h8-10,17,19,22-24,28-30H,7,11-12,14-16H2,1-5H3/t17-,19-,22+,23+,24+,26-,27+/m1/s1. The molecule has 0 aromatic carbocycles. The first-order valence-corrected chi connectivity index (χ1v) is 11.7. The van der Waals surface area contributed by atoms with Crippen LogP contribution in [0.2, 0.25) is 0 Å². The molecule has 4 rings (SSSR count). The Bertz CT molecular complexity index is 861. The maximum atomic E-state index is 11.0. The first-order chi connectivity index (χ1) is 14.0. The van der Waals surface area contributed by atoms with Crippen molar-refractivity contribution in [3.05, 3.63) is 34.9 Å². The highest BCUT2D eigenvalue weighted by Crippen LogP contribution is 2.64. The van der Waals surface area contributed by atoms with Crippen LogP contribution in [0.1, 0.15) is 73.1 Å². The van der Waals surface area contributed by atoms with Crippen LogP contribution in [-0.2, 0) is 0 Å². The second-order valence-electron chi connectivity index (χ2n) is 11.2. The molecule has 4 aliphatic carbocycles. The van der Waals surface area contributed by atoms with Crippen molar-refractivity contribution in [3.63, 3.8) is 0 Å². The van der Waals surface area contributed by atoms with Crippen LogP contribution in [0.4, 0.5) is 0 Å². The third kappa shape index (κ3) is 3.42. The van der Waals surface area contributed by atoms with E-state index in [1.54, 1.807) is 13.8 Å². The number of fused-ring (bicyclic) bond motifs is 5. The average molecular weight is 411 g/mol. The Morgan fingerprint density at radius 2 is 1.93 bits per heavy atom. The largest absolute Gasteiger partial charge is 0.393 e. The van der Waals surface area contributed by atoms with E-state index in [2.05, 4.69) is 50.8 Å². The molecule has 2 saturated carbocycles. The lowest BCUT2D eigenvalue weighted by atomic mass is 9.49. The van der Waals surface area contributed by atoms with E-state index in [0.29, 0.717) is 30.6 Å². The predicted octanol–water partition coefficient (Wildman–Crippen LogP) is 4.54. The van der Waals surface area contributed by atoms with Crippen LogP contribution in [0.15, 0.2) is 34.9 Å². The molecule has 4 aliphatic rings. The van der Waals surface area contributed by atoms with Gasteiger partial charge in [0.2, 0.25) is 0 Å². The monoisotopic (exact) mass is 410 g/mol. The lowest BCUT2D eigenvalue weighted by Crippen LogP contribution is -2.52. The van der Waals surface area contributed by atoms with Gasteiger partial charge in [0.1, 0.15) is 5.60 Å². The van der Waals surface area contributed by atoms with Gasteiger partial charge in [0.05, 0.1) is 12.2 Å². The molecule has 0 saturated heterocycles. The normalized spacial score (nSPS) is 41.3. The highest BCUT2D eigenvalue weighted by Gasteiger charge is 2.56. The fraction of sp³-hybridized carbons (Fsp3) is 0.704. The van der Waals surface area contributed by atoms with Crippen molar-refractivity contribution in [3.8, 4) is 11.8 Å². The molecule has 0 spiro atoms. The zero-order valence-corrected chi connectivity index (χ0v) is 19.2. The Balaban J connectivity index is 1.59. The summed E-state index contributed by atoms with van der Waals surface area (Å²) >= 11 is 0. The molecule has 0 aromatic rings. The lowest BCUT2D eigenvalue weighted by Gasteiger charge is -2.56. The van der Waals surface area contributed by atoms with Crippen molar-refractivity contribution in [2.75, 3.05) is 0 Å². The highest BCUT2D eigenvalue weighted by molar-refractivity contribution is 5.43. The average Bonchev–Trinajstić information content (AvgIpc) is 2.99. The molecule has 30 heavy (non-hydrogen) atoms. The van der Waals surface area contributed by atoms with E-state index < -0.39 is 17.8 Å². The quantitative estimate of drug-likeness (QED) is 0.463. The first-order valence-electron chi connectivity index (χ1n) is 11.7. The molecular formula is C27H38O3. The summed E-state index contributed by atoms with van der Waals surface area (Å²) in [5, 5.41) is 31.1. The third-order valence-electron chi connectivity index (χ3n) is 8.63. The van der Waals surface area contributed by atoms with Crippen molar-refractivity contribution in [2.24, 2.45) is 28.6 Å². The summed E-state index contributed by atoms with van der Waals surface area (Å²) in [4.78, 5) is 0. The number of aliphatic hydroxyl groups is 3. The minimum Gasteiger partial charge on any atom is -0.393 e. The fourth-order valence-electron chi connectivity index (χ4n) is 6.96. The smallest absolute Gasteiger partial charge is 0.119 e. The van der Waals surface area contributed by atoms with E-state index in [-0.39, 0.29) is 10.8 Å². The number of hydrogen-bond donors (Lipinski definition) is 3. The molecule has 0 aliphatic heterocycles. The van der Waals surface area contributed by atoms with Gasteiger partial charge in [-0.2, -0.15) is 0 Å². The van der Waals surface area contributed by atoms with Crippen molar-refractivity contribution < 1.29 is 15.3 Å². The second-order valence-corrected chi connectivity index (χ2v) is 11.2. The molecule has 2 fully saturated rings. The van der Waals surface area contributed by atoms with Crippen LogP contribution in [0, 0.1) is 40.4 Å². The third-order valence-corrected chi connectivity index (χ3v) is 8.63. The van der Waals surface area contributed by atoms with Crippen LogP contribution >= 0.6 is 0 Å². The molecular weight excluding hydrogens is 372 g/mol. The van der Waals surface area contributed by atoms with Gasteiger partial charge < -0.3 is 15.3 Å². The molecule has 3 heteroatoms. The predicted molar refractivity (Wildman–Crippen MR) is 120 cm³/mol. The van der Waals surface area contributed by atoms with Crippen LogP contribution in [0.3, 0.4) is 0 Å². The maximum absolute atomic E-state index is 11.0. The van der Waals surface area contributed by atoms with Crippen molar-refractivity contribution in [2.45, 2.75) is 91.0 Å². The Morgan fingerprint density at radius 1 is 1.20 bits per heavy atom. The van der Waals surface area contributed by atoms with Gasteiger partial charge in [-0.1, -0.05) is 67.6 Å². The summed E-state index contributed by atoms with van der Waals surface area (Å²) < 4.78 is 0. The number of allylic oxidation sites excluding steroid dienone is 5. The minimum atomic E-state index is -0.935. The van der Waals surface area contributed by atoms with Crippen molar-refractivity contribution in [1.29, 1.82) is 0 Å². The van der Waals surface area contributed by atoms with Gasteiger partial charge in [-0.05, 0) is 62.7 Å². The van der Waals surface area contributed by atoms with Gasteiger partial charge in [0.15, 0.2) is 0 Å². The molecule has 0 bridgehead atoms. The zero-order valence-electron chi connectivity index (χ0n) is 19.2. The van der Waals surface area contributed by atoms with Crippen molar-refractivity contribution >= 4 is 0 Å². The second kappa shape index (κ2) is 7.37. The maximum Gasteiger partial charge on any atom is 0.119 e. The molecule has 0 unspecified atom stereocenters. The van der Waals surface area contributed by atoms with E-state index >= 15 is 0 Å². The molecule has 7 atom stereocenters. The van der Waals surface area contributed by atoms with E-state index in [0.717, 1.165) is 25.7 Å². The zero-order chi connectivity index (χ0) is 21.9. The molecule has 164 valence electrons. The van der Waals surface area contributed by atoms with Crippen LogP contribution in [0.25, 0.3) is 0 Å². The molecule has 3 nitrogen and oxygen atoms in total. The number of rotatable bonds is 2. The molecule has 0 radical (unpaired) electrons. The number of hydrogen-bond acceptors (Lipinski definition) is 3. The molecule has 3 N–H and O–H groups in total. The summed E-state index contributed by atoms with van der Waals surface area (Å²) in [5.41, 5.74) is 3.24. The fourth-order valence-corrected chi connectivity index (χ4v) is 6.96. The van der Waals surface area contributed by atoms with Crippen LogP contribution < -0.4 is 0 Å². The topological polar surface area (TPSA) is 60.7 Å². The van der Waals surface area contributed by atoms with Crippen LogP contribution in [-0.4, -0.2) is 33.1 Å². The van der Waals surface area contributed by atoms with Gasteiger partial charge in [0.25, 0.3) is 0 Å². The summed E-state index contributed by atoms with van der Waals surface area (Å²) in [6, 6.07) is 0. The molecule has 0 heterocycles. The minimum absolute atomic E-state index is 0.152. The van der Waals surface area contributed by atoms with Gasteiger partial charge in [-0.25, -0.2) is 0 Å². The Morgan fingerprint density at radius 3 is 2.63 bits per heavy atom. The summed E-state index contributed by atoms with van der Waals surface area (Å²) in [5.74, 6) is 7.41. The Hall–Kier alpha value is -1.34. The van der Waals surface area contributed by atoms with Gasteiger partial charge in [0, 0.05) is 18.3 Å². The van der Waals surface area contributed by atoms with Crippen LogP contribution in [0.5, 0.6) is 0 Å². The first kappa shape index (κ1) is 21.9. The highest BCUT2D eigenvalue weighted by atomic mass is 16.3. The van der Waals surface area contributed by atoms with E-state index in [1.165, 1.54) is 16.7 Å². The van der Waals surface area contributed by atoms with Crippen molar-refractivity contribution in [1.82, 2.24) is 0 Å². The summed E-state index contributed by atoms with van der Waals surface area (Å²) in [6.45, 7) is 10.4. The van der Waals surface area contributed by atoms with Gasteiger partial charge >= 0.3 is 0 Å². The van der Waals surface area contributed by atoms with Gasteiger partial charge in [-0.3, -0.25) is 0 Å². The number of aliphatic hydroxyl groups excluding tert-OH is 2. The van der Waals surface area contributed by atoms with Gasteiger partial charge in [-0.15, -0.1) is 0 Å². The van der Waals surface area contributed by atoms with E-state index in [1.807, 2.05) is 0 Å². The summed E-state index contributed by atoms with van der Waals surface area (Å²) in [7, 11) is 0. The Kier molecular flexibility index (Phi) is 5.37. The SMILES string of the molecule is C[C@H](CC#CC(C)(C)O)C1=CC[C@H]2C3=CC=C4C[C@@H](O)C[C@H](O)[C@]4(C)[C@H]3CC[C@]12C.